The number of hydrogen-bond acceptors (Lipinski definition) is 7. The maximum atomic E-state index is 12.7. The number of anilines is 1. The van der Waals surface area contributed by atoms with Crippen molar-refractivity contribution >= 4 is 18.3 Å². The number of aromatic nitrogens is 2. The average molecular weight is 361 g/mol. The van der Waals surface area contributed by atoms with Crippen LogP contribution in [-0.4, -0.2) is 39.1 Å². The normalized spacial score (nSPS) is 11.8. The Bertz CT molecular complexity index is 707. The van der Waals surface area contributed by atoms with Crippen LogP contribution in [0.4, 0.5) is 5.95 Å². The summed E-state index contributed by atoms with van der Waals surface area (Å²) in [5, 5.41) is 10.8. The van der Waals surface area contributed by atoms with Crippen LogP contribution in [0.25, 0.3) is 11.3 Å². The van der Waals surface area contributed by atoms with Gasteiger partial charge in [0.15, 0.2) is 0 Å². The van der Waals surface area contributed by atoms with Gasteiger partial charge in [0.1, 0.15) is 0 Å². The molecule has 2 amide bonds. The predicted octanol–water partition coefficient (Wildman–Crippen LogP) is 1.99. The summed E-state index contributed by atoms with van der Waals surface area (Å²) < 4.78 is 5.03. The Morgan fingerprint density at radius 3 is 2.88 bits per heavy atom. The molecule has 26 heavy (non-hydrogen) atoms. The van der Waals surface area contributed by atoms with E-state index in [1.807, 2.05) is 6.92 Å². The lowest BCUT2D eigenvalue weighted by Crippen LogP contribution is -2.45. The Morgan fingerprint density at radius 2 is 2.23 bits per heavy atom. The fourth-order valence-electron chi connectivity index (χ4n) is 2.53. The molecule has 0 bridgehead atoms. The molecule has 9 heteroatoms. The van der Waals surface area contributed by atoms with E-state index in [0.29, 0.717) is 17.2 Å². The van der Waals surface area contributed by atoms with E-state index in [1.165, 1.54) is 18.7 Å². The van der Waals surface area contributed by atoms with E-state index in [0.717, 1.165) is 29.8 Å². The van der Waals surface area contributed by atoms with Gasteiger partial charge in [-0.3, -0.25) is 14.8 Å². The van der Waals surface area contributed by atoms with E-state index in [1.54, 1.807) is 12.1 Å². The van der Waals surface area contributed by atoms with E-state index in [2.05, 4.69) is 9.97 Å². The molecule has 0 aliphatic carbocycles. The summed E-state index contributed by atoms with van der Waals surface area (Å²) in [5.74, 6) is 4.85. The van der Waals surface area contributed by atoms with Gasteiger partial charge in [0.05, 0.1) is 30.7 Å². The third-order valence-corrected chi connectivity index (χ3v) is 3.95. The number of carbonyl (C=O) groups is 2. The molecule has 9 nitrogen and oxygen atoms in total. The second kappa shape index (κ2) is 9.64. The number of furan rings is 1. The number of amides is 2. The van der Waals surface area contributed by atoms with E-state index in [-0.39, 0.29) is 18.9 Å². The van der Waals surface area contributed by atoms with Crippen molar-refractivity contribution in [1.82, 2.24) is 15.0 Å². The lowest BCUT2D eigenvalue weighted by molar-refractivity contribution is -0.154. The van der Waals surface area contributed by atoms with Crippen molar-refractivity contribution in [3.8, 4) is 11.3 Å². The Hall–Kier alpha value is -2.78. The van der Waals surface area contributed by atoms with Gasteiger partial charge in [-0.05, 0) is 18.6 Å². The van der Waals surface area contributed by atoms with Gasteiger partial charge in [0.25, 0.3) is 0 Å². The second-order valence-corrected chi connectivity index (χ2v) is 5.88. The van der Waals surface area contributed by atoms with Crippen LogP contribution >= 0.6 is 0 Å². The van der Waals surface area contributed by atoms with E-state index in [4.69, 9.17) is 10.3 Å². The van der Waals surface area contributed by atoms with Gasteiger partial charge in [-0.15, -0.1) is 0 Å². The molecule has 1 atom stereocenters. The molecule has 2 aromatic heterocycles. The fraction of sp³-hybridized carbons (Fsp3) is 0.412. The molecule has 0 saturated carbocycles. The molecule has 0 saturated heterocycles. The van der Waals surface area contributed by atoms with Crippen LogP contribution in [0.5, 0.6) is 0 Å². The van der Waals surface area contributed by atoms with E-state index >= 15 is 0 Å². The van der Waals surface area contributed by atoms with Crippen LogP contribution < -0.4 is 10.9 Å². The van der Waals surface area contributed by atoms with Crippen LogP contribution in [-0.2, 0) is 9.59 Å². The molecule has 0 fully saturated rings. The van der Waals surface area contributed by atoms with Crippen molar-refractivity contribution in [1.29, 1.82) is 0 Å². The average Bonchev–Trinajstić information content (AvgIpc) is 3.21. The fourth-order valence-corrected chi connectivity index (χ4v) is 2.53. The van der Waals surface area contributed by atoms with Crippen LogP contribution in [0.1, 0.15) is 32.6 Å². The van der Waals surface area contributed by atoms with Gasteiger partial charge in [-0.25, -0.2) is 25.9 Å². The molecular formula is C17H23N5O4. The van der Waals surface area contributed by atoms with Crippen molar-refractivity contribution in [2.75, 3.05) is 11.6 Å². The first kappa shape index (κ1) is 19.5. The molecule has 0 aromatic carbocycles. The summed E-state index contributed by atoms with van der Waals surface area (Å²) >= 11 is 0. The van der Waals surface area contributed by atoms with Crippen LogP contribution in [0.3, 0.4) is 0 Å². The first-order valence-corrected chi connectivity index (χ1v) is 8.42. The van der Waals surface area contributed by atoms with Crippen molar-refractivity contribution in [2.24, 2.45) is 11.8 Å². The number of carbonyl (C=O) groups excluding carboxylic acids is 2. The SMILES string of the molecule is CCCCC[C@H](CN(O)C=O)C(=O)N(N)c1nccc(-c2ccoc2)n1. The first-order chi connectivity index (χ1) is 12.6. The summed E-state index contributed by atoms with van der Waals surface area (Å²) in [4.78, 5) is 31.7. The highest BCUT2D eigenvalue weighted by atomic mass is 16.5. The highest BCUT2D eigenvalue weighted by Crippen LogP contribution is 2.20. The van der Waals surface area contributed by atoms with E-state index in [9.17, 15) is 14.8 Å². The van der Waals surface area contributed by atoms with Gasteiger partial charge in [0, 0.05) is 11.8 Å². The molecule has 2 rings (SSSR count). The third kappa shape index (κ3) is 5.11. The summed E-state index contributed by atoms with van der Waals surface area (Å²) in [6, 6.07) is 3.41. The number of hydrogen-bond donors (Lipinski definition) is 2. The lowest BCUT2D eigenvalue weighted by Gasteiger charge is -2.23. The van der Waals surface area contributed by atoms with Crippen molar-refractivity contribution in [2.45, 2.75) is 32.6 Å². The Kier molecular flexibility index (Phi) is 7.24. The highest BCUT2D eigenvalue weighted by Gasteiger charge is 2.26. The molecule has 140 valence electrons. The zero-order chi connectivity index (χ0) is 18.9. The minimum atomic E-state index is -0.650. The molecule has 0 aliphatic rings. The number of unbranched alkanes of at least 4 members (excludes halogenated alkanes) is 2. The topological polar surface area (TPSA) is 126 Å². The number of hydrazine groups is 1. The molecule has 0 radical (unpaired) electrons. The quantitative estimate of drug-likeness (QED) is 0.165. The predicted molar refractivity (Wildman–Crippen MR) is 93.6 cm³/mol. The standard InChI is InChI=1S/C17H23N5O4/c1-2-3-4-5-13(10-21(25)12-23)16(24)22(18)17-19-8-6-15(20-17)14-7-9-26-11-14/h6-9,11-13,25H,2-5,10,18H2,1H3/t13-/m1/s1. The van der Waals surface area contributed by atoms with Gasteiger partial charge in [-0.2, -0.15) is 0 Å². The van der Waals surface area contributed by atoms with Crippen molar-refractivity contribution in [3.63, 3.8) is 0 Å². The number of hydroxylamine groups is 2. The molecule has 0 unspecified atom stereocenters. The Morgan fingerprint density at radius 1 is 1.42 bits per heavy atom. The summed E-state index contributed by atoms with van der Waals surface area (Å²) in [5.41, 5.74) is 1.29. The summed E-state index contributed by atoms with van der Waals surface area (Å²) in [6.45, 7) is 1.91. The number of rotatable bonds is 10. The van der Waals surface area contributed by atoms with Gasteiger partial charge >= 0.3 is 0 Å². The van der Waals surface area contributed by atoms with Gasteiger partial charge in [-0.1, -0.05) is 26.2 Å². The molecule has 0 aliphatic heterocycles. The van der Waals surface area contributed by atoms with Crippen LogP contribution in [0, 0.1) is 5.92 Å². The minimum Gasteiger partial charge on any atom is -0.472 e. The maximum absolute atomic E-state index is 12.7. The van der Waals surface area contributed by atoms with Gasteiger partial charge < -0.3 is 4.42 Å². The summed E-state index contributed by atoms with van der Waals surface area (Å²) in [6.07, 6.45) is 7.99. The van der Waals surface area contributed by atoms with Crippen molar-refractivity contribution in [3.05, 3.63) is 30.9 Å². The largest absolute Gasteiger partial charge is 0.472 e. The van der Waals surface area contributed by atoms with E-state index < -0.39 is 11.8 Å². The molecule has 0 spiro atoms. The van der Waals surface area contributed by atoms with Crippen LogP contribution in [0.15, 0.2) is 35.3 Å². The Labute approximate surface area is 151 Å². The minimum absolute atomic E-state index is 0.0322. The zero-order valence-electron chi connectivity index (χ0n) is 14.6. The molecule has 3 N–H and O–H groups in total. The third-order valence-electron chi connectivity index (χ3n) is 3.95. The lowest BCUT2D eigenvalue weighted by atomic mass is 10.00. The smallest absolute Gasteiger partial charge is 0.248 e. The highest BCUT2D eigenvalue weighted by molar-refractivity contribution is 5.92. The van der Waals surface area contributed by atoms with Gasteiger partial charge in [0.2, 0.25) is 18.3 Å². The maximum Gasteiger partial charge on any atom is 0.248 e. The monoisotopic (exact) mass is 361 g/mol. The Balaban J connectivity index is 2.16. The first-order valence-electron chi connectivity index (χ1n) is 8.42. The molecule has 2 aromatic rings. The van der Waals surface area contributed by atoms with Crippen LogP contribution in [0.2, 0.25) is 0 Å². The number of nitrogens with two attached hydrogens (primary N) is 1. The molecular weight excluding hydrogens is 338 g/mol. The summed E-state index contributed by atoms with van der Waals surface area (Å²) in [7, 11) is 0. The van der Waals surface area contributed by atoms with Crippen molar-refractivity contribution < 1.29 is 19.2 Å². The molecule has 2 heterocycles. The zero-order valence-corrected chi connectivity index (χ0v) is 14.6. The second-order valence-electron chi connectivity index (χ2n) is 5.88. The number of nitrogens with zero attached hydrogens (tertiary/aromatic N) is 4.